The quantitative estimate of drug-likeness (QED) is 0.759. The molecule has 2 aromatic heterocycles. The summed E-state index contributed by atoms with van der Waals surface area (Å²) in [6.45, 7) is 1.40. The normalized spacial score (nSPS) is 11.8. The fourth-order valence-electron chi connectivity index (χ4n) is 2.65. The maximum Gasteiger partial charge on any atom is 0.433 e. The van der Waals surface area contributed by atoms with Crippen LogP contribution < -0.4 is 5.56 Å². The van der Waals surface area contributed by atoms with Crippen molar-refractivity contribution >= 4 is 11.6 Å². The van der Waals surface area contributed by atoms with Gasteiger partial charge in [-0.1, -0.05) is 30.3 Å². The molecule has 0 aliphatic carbocycles. The molecule has 25 heavy (non-hydrogen) atoms. The number of aliphatic carboxylic acids is 1. The first kappa shape index (κ1) is 16.7. The van der Waals surface area contributed by atoms with E-state index < -0.39 is 29.8 Å². The molecule has 0 saturated carbocycles. The number of halogens is 3. The van der Waals surface area contributed by atoms with Crippen molar-refractivity contribution in [3.8, 4) is 11.1 Å². The van der Waals surface area contributed by atoms with Gasteiger partial charge in [0.25, 0.3) is 5.56 Å². The molecule has 0 aliphatic rings. The summed E-state index contributed by atoms with van der Waals surface area (Å²) in [5.74, 6) is -1.27. The second-order valence-corrected chi connectivity index (χ2v) is 5.44. The van der Waals surface area contributed by atoms with E-state index in [1.54, 1.807) is 18.2 Å². The summed E-state index contributed by atoms with van der Waals surface area (Å²) in [4.78, 5) is 27.4. The second-order valence-electron chi connectivity index (χ2n) is 5.44. The van der Waals surface area contributed by atoms with Crippen LogP contribution in [0.4, 0.5) is 13.2 Å². The number of hydrogen-bond acceptors (Lipinski definition) is 3. The third kappa shape index (κ3) is 2.88. The molecule has 2 N–H and O–H groups in total. The highest BCUT2D eigenvalue weighted by atomic mass is 19.4. The van der Waals surface area contributed by atoms with Gasteiger partial charge in [0.05, 0.1) is 17.5 Å². The van der Waals surface area contributed by atoms with Gasteiger partial charge in [0.1, 0.15) is 5.69 Å². The van der Waals surface area contributed by atoms with Crippen molar-refractivity contribution in [3.63, 3.8) is 0 Å². The van der Waals surface area contributed by atoms with Crippen LogP contribution in [0, 0.1) is 6.92 Å². The third-order valence-electron chi connectivity index (χ3n) is 3.75. The number of aryl methyl sites for hydroxylation is 1. The lowest BCUT2D eigenvalue weighted by Crippen LogP contribution is -2.24. The molecule has 0 saturated heterocycles. The predicted molar refractivity (Wildman–Crippen MR) is 82.3 cm³/mol. The van der Waals surface area contributed by atoms with Crippen LogP contribution in [0.1, 0.15) is 17.0 Å². The first-order valence-corrected chi connectivity index (χ1v) is 7.18. The largest absolute Gasteiger partial charge is 0.481 e. The molecule has 0 bridgehead atoms. The van der Waals surface area contributed by atoms with Crippen molar-refractivity contribution in [1.82, 2.24) is 14.6 Å². The minimum atomic E-state index is -4.74. The average Bonchev–Trinajstić information content (AvgIpc) is 2.91. The zero-order valence-electron chi connectivity index (χ0n) is 12.9. The van der Waals surface area contributed by atoms with Crippen LogP contribution in [0.2, 0.25) is 0 Å². The number of fused-ring (bicyclic) bond motifs is 1. The Morgan fingerprint density at radius 3 is 2.48 bits per heavy atom. The van der Waals surface area contributed by atoms with Gasteiger partial charge < -0.3 is 5.11 Å². The number of hydrogen-bond donors (Lipinski definition) is 2. The van der Waals surface area contributed by atoms with Gasteiger partial charge in [-0.05, 0) is 12.5 Å². The van der Waals surface area contributed by atoms with Crippen molar-refractivity contribution in [2.24, 2.45) is 0 Å². The number of H-pyrrole nitrogens is 1. The molecular weight excluding hydrogens is 339 g/mol. The molecule has 0 unspecified atom stereocenters. The average molecular weight is 351 g/mol. The molecule has 0 atom stereocenters. The Bertz CT molecular complexity index is 1020. The summed E-state index contributed by atoms with van der Waals surface area (Å²) >= 11 is 0. The Kier molecular flexibility index (Phi) is 3.86. The van der Waals surface area contributed by atoms with Crippen LogP contribution in [0.15, 0.2) is 35.1 Å². The number of benzene rings is 1. The zero-order chi connectivity index (χ0) is 18.4. The summed E-state index contributed by atoms with van der Waals surface area (Å²) in [5, 5.41) is 10.9. The molecule has 0 amide bonds. The molecule has 0 aliphatic heterocycles. The molecule has 9 heteroatoms. The molecular formula is C16H12F3N3O3. The van der Waals surface area contributed by atoms with Crippen molar-refractivity contribution in [1.29, 1.82) is 0 Å². The van der Waals surface area contributed by atoms with Crippen molar-refractivity contribution < 1.29 is 23.1 Å². The number of rotatable bonds is 3. The van der Waals surface area contributed by atoms with Crippen LogP contribution in [0.3, 0.4) is 0 Å². The monoisotopic (exact) mass is 351 g/mol. The molecule has 3 rings (SSSR count). The Morgan fingerprint density at radius 2 is 1.92 bits per heavy atom. The van der Waals surface area contributed by atoms with E-state index >= 15 is 0 Å². The zero-order valence-corrected chi connectivity index (χ0v) is 12.9. The van der Waals surface area contributed by atoms with Gasteiger partial charge in [-0.2, -0.15) is 13.2 Å². The van der Waals surface area contributed by atoms with Crippen LogP contribution in [0.5, 0.6) is 0 Å². The number of carboxylic acid groups (broad SMARTS) is 1. The molecule has 2 heterocycles. The molecule has 3 aromatic rings. The molecule has 130 valence electrons. The molecule has 0 fully saturated rings. The summed E-state index contributed by atoms with van der Waals surface area (Å²) in [7, 11) is 0. The fraction of sp³-hybridized carbons (Fsp3) is 0.188. The minimum absolute atomic E-state index is 0.0808. The van der Waals surface area contributed by atoms with Crippen LogP contribution >= 0.6 is 0 Å². The first-order chi connectivity index (χ1) is 11.7. The van der Waals surface area contributed by atoms with Gasteiger partial charge >= 0.3 is 12.1 Å². The number of aromatic amines is 1. The Balaban J connectivity index is 2.42. The van der Waals surface area contributed by atoms with Crippen molar-refractivity contribution in [2.45, 2.75) is 19.5 Å². The molecule has 0 spiro atoms. The predicted octanol–water partition coefficient (Wildman–Crippen LogP) is 2.64. The van der Waals surface area contributed by atoms with Gasteiger partial charge in [0, 0.05) is 5.69 Å². The number of carboxylic acids is 1. The van der Waals surface area contributed by atoms with E-state index in [1.807, 2.05) is 5.10 Å². The second kappa shape index (κ2) is 5.76. The first-order valence-electron chi connectivity index (χ1n) is 7.18. The van der Waals surface area contributed by atoms with Gasteiger partial charge in [0.2, 0.25) is 0 Å². The topological polar surface area (TPSA) is 87.5 Å². The summed E-state index contributed by atoms with van der Waals surface area (Å²) in [6, 6.07) is 7.75. The fourth-order valence-corrected chi connectivity index (χ4v) is 2.65. The lowest BCUT2D eigenvalue weighted by atomic mass is 10.1. The SMILES string of the molecule is Cc1nc2c(-c3ccccc3)c(C(F)(F)F)[nH]n2c(=O)c1CC(=O)O. The van der Waals surface area contributed by atoms with Crippen molar-refractivity contribution in [3.05, 3.63) is 57.6 Å². The number of nitrogens with zero attached hydrogens (tertiary/aromatic N) is 2. The van der Waals surface area contributed by atoms with Gasteiger partial charge in [-0.25, -0.2) is 9.50 Å². The van der Waals surface area contributed by atoms with E-state index in [0.29, 0.717) is 4.52 Å². The van der Waals surface area contributed by atoms with E-state index in [4.69, 9.17) is 5.11 Å². The van der Waals surface area contributed by atoms with Gasteiger partial charge in [0.15, 0.2) is 5.65 Å². The van der Waals surface area contributed by atoms with Crippen molar-refractivity contribution in [2.75, 3.05) is 0 Å². The Labute approximate surface area is 138 Å². The Morgan fingerprint density at radius 1 is 1.28 bits per heavy atom. The molecule has 1 aromatic carbocycles. The molecule has 6 nitrogen and oxygen atoms in total. The summed E-state index contributed by atoms with van der Waals surface area (Å²) in [6.07, 6.45) is -5.37. The highest BCUT2D eigenvalue weighted by molar-refractivity contribution is 5.80. The van der Waals surface area contributed by atoms with E-state index in [1.165, 1.54) is 19.1 Å². The van der Waals surface area contributed by atoms with Crippen LogP contribution in [-0.4, -0.2) is 25.7 Å². The maximum atomic E-state index is 13.4. The highest BCUT2D eigenvalue weighted by Gasteiger charge is 2.38. The van der Waals surface area contributed by atoms with E-state index in [0.717, 1.165) is 0 Å². The van der Waals surface area contributed by atoms with Gasteiger partial charge in [-0.15, -0.1) is 0 Å². The Hall–Kier alpha value is -3.10. The number of nitrogens with one attached hydrogen (secondary N) is 1. The number of carbonyl (C=O) groups is 1. The maximum absolute atomic E-state index is 13.4. The van der Waals surface area contributed by atoms with E-state index in [-0.39, 0.29) is 28.0 Å². The van der Waals surface area contributed by atoms with E-state index in [9.17, 15) is 22.8 Å². The minimum Gasteiger partial charge on any atom is -0.481 e. The van der Waals surface area contributed by atoms with Crippen LogP contribution in [-0.2, 0) is 17.4 Å². The standard InChI is InChI=1S/C16H12F3N3O3/c1-8-10(7-11(23)24)15(25)22-14(20-8)12(9-5-3-2-4-6-9)13(21-22)16(17,18)19/h2-6,21H,7H2,1H3,(H,23,24). The highest BCUT2D eigenvalue weighted by Crippen LogP contribution is 2.38. The smallest absolute Gasteiger partial charge is 0.433 e. The van der Waals surface area contributed by atoms with Crippen LogP contribution in [0.25, 0.3) is 16.8 Å². The number of aromatic nitrogens is 3. The van der Waals surface area contributed by atoms with E-state index in [2.05, 4.69) is 4.98 Å². The lowest BCUT2D eigenvalue weighted by Gasteiger charge is -2.07. The third-order valence-corrected chi connectivity index (χ3v) is 3.75. The van der Waals surface area contributed by atoms with Gasteiger partial charge in [-0.3, -0.25) is 14.7 Å². The lowest BCUT2D eigenvalue weighted by molar-refractivity contribution is -0.141. The number of alkyl halides is 3. The summed E-state index contributed by atoms with van der Waals surface area (Å²) < 4.78 is 41.0. The molecule has 0 radical (unpaired) electrons. The summed E-state index contributed by atoms with van der Waals surface area (Å²) in [5.41, 5.74) is -2.28.